The molecule has 19 nitrogen and oxygen atoms in total. The van der Waals surface area contributed by atoms with Crippen LogP contribution >= 0.6 is 0 Å². The van der Waals surface area contributed by atoms with E-state index in [0.29, 0.717) is 0 Å². The Bertz CT molecular complexity index is 388. The van der Waals surface area contributed by atoms with Crippen LogP contribution in [0.5, 0.6) is 0 Å². The SMILES string of the molecule is [SiH3]O[SiH2]O[SiH2]O[SiH2]O[SiH2]O[SiH2]O[SiH2]O[SiH2]O[SiH2]O[SiH2]O[SiH2]O[SiH2]O[SiH2]O[SiH2]O[SiH2]O[SiH2]O[SiH2]O[SiH2]O[SiH2]O[SiH3]. The van der Waals surface area contributed by atoms with Crippen LogP contribution in [-0.4, -0.2) is 201 Å². The van der Waals surface area contributed by atoms with Gasteiger partial charge in [-0.15, -0.1) is 0 Å². The zero-order chi connectivity index (χ0) is 28.2. The van der Waals surface area contributed by atoms with Crippen LogP contribution in [0.1, 0.15) is 0 Å². The quantitative estimate of drug-likeness (QED) is 0.0428. The lowest BCUT2D eigenvalue weighted by atomic mass is 15.7. The highest BCUT2D eigenvalue weighted by atomic mass is 28.4. The average Bonchev–Trinajstić information content (AvgIpc) is 2.95. The zero-order valence-corrected chi connectivity index (χ0v) is 51.9. The molecule has 0 heterocycles. The van der Waals surface area contributed by atoms with Crippen molar-refractivity contribution in [2.45, 2.75) is 0 Å². The second kappa shape index (κ2) is 41.6. The average molecular weight is 908 g/mol. The molecule has 0 fully saturated rings. The van der Waals surface area contributed by atoms with E-state index >= 15 is 0 Å². The number of hydrogen-bond donors (Lipinski definition) is 0. The van der Waals surface area contributed by atoms with E-state index in [2.05, 4.69) is 0 Å². The van der Waals surface area contributed by atoms with Gasteiger partial charge in [0.25, 0.3) is 180 Å². The molecule has 0 saturated heterocycles. The molecule has 0 saturated carbocycles. The fourth-order valence-electron chi connectivity index (χ4n) is 1.69. The van der Waals surface area contributed by atoms with Crippen molar-refractivity contribution in [1.29, 1.82) is 0 Å². The van der Waals surface area contributed by atoms with Crippen LogP contribution in [0.2, 0.25) is 0 Å². The van der Waals surface area contributed by atoms with Crippen molar-refractivity contribution in [3.05, 3.63) is 0 Å². The van der Waals surface area contributed by atoms with Crippen molar-refractivity contribution >= 4 is 201 Å². The van der Waals surface area contributed by atoms with Crippen LogP contribution in [0.15, 0.2) is 0 Å². The third-order valence-electron chi connectivity index (χ3n) is 3.07. The first kappa shape index (κ1) is 42.6. The predicted molar refractivity (Wildman–Crippen MR) is 194 cm³/mol. The van der Waals surface area contributed by atoms with Gasteiger partial charge in [-0.1, -0.05) is 0 Å². The highest BCUT2D eigenvalue weighted by Gasteiger charge is 1.99. The fraction of sp³-hybridized carbons (Fsp3) is 0. The van der Waals surface area contributed by atoms with Crippen LogP contribution < -0.4 is 0 Å². The Morgan fingerprint density at radius 1 is 0.179 bits per heavy atom. The largest absolute Gasteiger partial charge is 0.449 e. The molecule has 0 aliphatic carbocycles. The second-order valence-corrected chi connectivity index (χ2v) is 42.8. The van der Waals surface area contributed by atoms with Gasteiger partial charge in [0, 0.05) is 0 Å². The lowest BCUT2D eigenvalue weighted by molar-refractivity contribution is 0.355. The van der Waals surface area contributed by atoms with E-state index in [-0.39, 0.29) is 0 Å². The van der Waals surface area contributed by atoms with Gasteiger partial charge in [-0.3, -0.25) is 0 Å². The Balaban J connectivity index is 3.01. The third-order valence-corrected chi connectivity index (χ3v) is 27.6. The van der Waals surface area contributed by atoms with Gasteiger partial charge < -0.3 is 78.2 Å². The lowest BCUT2D eigenvalue weighted by Crippen LogP contribution is -2.22. The van der Waals surface area contributed by atoms with Crippen molar-refractivity contribution in [2.24, 2.45) is 0 Å². The van der Waals surface area contributed by atoms with Crippen molar-refractivity contribution in [3.63, 3.8) is 0 Å². The molecular formula is H42O19Si20. The Morgan fingerprint density at radius 3 is 0.385 bits per heavy atom. The van der Waals surface area contributed by atoms with Gasteiger partial charge in [-0.2, -0.15) is 0 Å². The molecule has 0 aromatic carbocycles. The van der Waals surface area contributed by atoms with Gasteiger partial charge in [-0.05, 0) is 0 Å². The van der Waals surface area contributed by atoms with Gasteiger partial charge in [0.15, 0.2) is 0 Å². The maximum absolute atomic E-state index is 5.48. The standard InChI is InChI=1S/H42O19Si20/c20-1-22-3-24-5-26-7-28-9-30-11-32-13-34-15-36-17-38-19-39-18-37-16-35-14-33-12-31-10-29-8-27-6-25-4-23-2-21/h22-39H2,20-21H3. The first-order chi connectivity index (χ1) is 19.4. The van der Waals surface area contributed by atoms with E-state index in [9.17, 15) is 0 Å². The van der Waals surface area contributed by atoms with E-state index in [1.807, 2.05) is 0 Å². The molecule has 0 aliphatic rings. The van der Waals surface area contributed by atoms with Crippen molar-refractivity contribution < 1.29 is 78.2 Å². The van der Waals surface area contributed by atoms with E-state index in [1.54, 1.807) is 0 Å². The summed E-state index contributed by atoms with van der Waals surface area (Å²) in [4.78, 5) is 0. The lowest BCUT2D eigenvalue weighted by Gasteiger charge is -2.09. The minimum absolute atomic E-state index is 0.736. The Hall–Kier alpha value is 3.58. The topological polar surface area (TPSA) is 175 Å². The summed E-state index contributed by atoms with van der Waals surface area (Å²) in [6.45, 7) is 0. The van der Waals surface area contributed by atoms with Gasteiger partial charge in [0.05, 0.1) is 0 Å². The number of rotatable bonds is 36. The summed E-state index contributed by atoms with van der Waals surface area (Å²) in [5, 5.41) is 0. The van der Waals surface area contributed by atoms with E-state index in [0.717, 1.165) is 21.0 Å². The Labute approximate surface area is 277 Å². The Morgan fingerprint density at radius 2 is 0.282 bits per heavy atom. The predicted octanol–water partition coefficient (Wildman–Crippen LogP) is -20.2. The van der Waals surface area contributed by atoms with E-state index in [1.165, 1.54) is 0 Å². The van der Waals surface area contributed by atoms with Gasteiger partial charge in [0.2, 0.25) is 0 Å². The summed E-state index contributed by atoms with van der Waals surface area (Å²) in [5.74, 6) is 0. The molecule has 0 spiro atoms. The smallest absolute Gasteiger partial charge is 0.286 e. The summed E-state index contributed by atoms with van der Waals surface area (Å²) in [6.07, 6.45) is 0. The summed E-state index contributed by atoms with van der Waals surface area (Å²) in [6, 6.07) is 0. The molecule has 39 heavy (non-hydrogen) atoms. The van der Waals surface area contributed by atoms with Gasteiger partial charge in [-0.25, -0.2) is 0 Å². The molecular weight excluding hydrogens is 866 g/mol. The Kier molecular flexibility index (Phi) is 45.4. The summed E-state index contributed by atoms with van der Waals surface area (Å²) in [7, 11) is -15.9. The molecule has 236 valence electrons. The van der Waals surface area contributed by atoms with Crippen molar-refractivity contribution in [2.75, 3.05) is 0 Å². The highest BCUT2D eigenvalue weighted by Crippen LogP contribution is 1.81. The molecule has 0 unspecified atom stereocenters. The van der Waals surface area contributed by atoms with E-state index < -0.39 is 180 Å². The summed E-state index contributed by atoms with van der Waals surface area (Å²) in [5.41, 5.74) is 0. The molecule has 0 bridgehead atoms. The molecule has 0 aromatic rings. The highest BCUT2D eigenvalue weighted by molar-refractivity contribution is 6.52. The van der Waals surface area contributed by atoms with Gasteiger partial charge >= 0.3 is 0 Å². The van der Waals surface area contributed by atoms with Crippen LogP contribution in [0.25, 0.3) is 0 Å². The maximum atomic E-state index is 5.48. The zero-order valence-electron chi connectivity index (χ0n) is 22.5. The minimum atomic E-state index is -1.03. The van der Waals surface area contributed by atoms with E-state index in [4.69, 9.17) is 78.2 Å². The minimum Gasteiger partial charge on any atom is -0.449 e. The maximum Gasteiger partial charge on any atom is 0.286 e. The third kappa shape index (κ3) is 41.6. The molecule has 0 atom stereocenters. The number of hydrogen-bond acceptors (Lipinski definition) is 19. The van der Waals surface area contributed by atoms with Crippen LogP contribution in [-0.2, 0) is 78.2 Å². The molecule has 39 heteroatoms. The molecule has 0 amide bonds. The molecule has 0 radical (unpaired) electrons. The van der Waals surface area contributed by atoms with Crippen LogP contribution in [0, 0.1) is 0 Å². The first-order valence-electron chi connectivity index (χ1n) is 11.2. The van der Waals surface area contributed by atoms with Crippen LogP contribution in [0.3, 0.4) is 0 Å². The van der Waals surface area contributed by atoms with Crippen molar-refractivity contribution in [1.82, 2.24) is 0 Å². The molecule has 0 aromatic heterocycles. The summed E-state index contributed by atoms with van der Waals surface area (Å²) >= 11 is 0. The fourth-order valence-corrected chi connectivity index (χ4v) is 35.2. The molecule has 0 aliphatic heterocycles. The first-order valence-corrected chi connectivity index (χ1v) is 33.6. The van der Waals surface area contributed by atoms with Crippen molar-refractivity contribution in [3.8, 4) is 0 Å². The normalized spacial score (nSPS) is 17.2. The molecule has 0 rings (SSSR count). The summed E-state index contributed by atoms with van der Waals surface area (Å²) < 4.78 is 102. The van der Waals surface area contributed by atoms with Gasteiger partial charge in [0.1, 0.15) is 21.0 Å². The van der Waals surface area contributed by atoms with Crippen LogP contribution in [0.4, 0.5) is 0 Å². The monoisotopic (exact) mass is 906 g/mol. The molecule has 0 N–H and O–H groups in total. The second-order valence-electron chi connectivity index (χ2n) is 6.17.